The van der Waals surface area contributed by atoms with Crippen molar-refractivity contribution >= 4 is 11.1 Å². The number of nitrogens with one attached hydrogen (secondary N) is 1. The third-order valence-electron chi connectivity index (χ3n) is 1.92. The minimum absolute atomic E-state index is 0.447. The van der Waals surface area contributed by atoms with Gasteiger partial charge in [-0.15, -0.1) is 0 Å². The van der Waals surface area contributed by atoms with Gasteiger partial charge in [-0.05, 0) is 18.2 Å². The molecule has 2 rings (SSSR count). The van der Waals surface area contributed by atoms with Crippen LogP contribution in [0.15, 0.2) is 27.4 Å². The van der Waals surface area contributed by atoms with E-state index in [1.54, 1.807) is 12.1 Å². The standard InChI is InChI=1S/C11H10N2O2/c12-6-2-1-3-8-4-5-9-10(7-8)15-11(14)13-9/h4-5,7H,2,6,12H2,(H,13,14). The summed E-state index contributed by atoms with van der Waals surface area (Å²) in [5, 5.41) is 0. The van der Waals surface area contributed by atoms with Gasteiger partial charge in [0, 0.05) is 18.5 Å². The van der Waals surface area contributed by atoms with Gasteiger partial charge in [-0.3, -0.25) is 4.98 Å². The number of oxazole rings is 1. The minimum Gasteiger partial charge on any atom is -0.408 e. The Morgan fingerprint density at radius 1 is 1.47 bits per heavy atom. The van der Waals surface area contributed by atoms with Crippen molar-refractivity contribution < 1.29 is 4.42 Å². The monoisotopic (exact) mass is 202 g/mol. The Balaban J connectivity index is 2.39. The van der Waals surface area contributed by atoms with Gasteiger partial charge in [0.25, 0.3) is 0 Å². The van der Waals surface area contributed by atoms with Crippen molar-refractivity contribution in [2.45, 2.75) is 6.42 Å². The lowest BCUT2D eigenvalue weighted by atomic mass is 10.2. The summed E-state index contributed by atoms with van der Waals surface area (Å²) in [7, 11) is 0. The second-order valence-corrected chi connectivity index (χ2v) is 3.07. The molecule has 0 atom stereocenters. The van der Waals surface area contributed by atoms with E-state index in [1.807, 2.05) is 6.07 Å². The van der Waals surface area contributed by atoms with Crippen molar-refractivity contribution in [3.8, 4) is 11.8 Å². The smallest absolute Gasteiger partial charge is 0.408 e. The Hall–Kier alpha value is -1.99. The Morgan fingerprint density at radius 2 is 2.33 bits per heavy atom. The summed E-state index contributed by atoms with van der Waals surface area (Å²) in [6.07, 6.45) is 0.662. The Bertz CT molecular complexity index is 584. The highest BCUT2D eigenvalue weighted by Crippen LogP contribution is 2.11. The summed E-state index contributed by atoms with van der Waals surface area (Å²) in [6, 6.07) is 5.33. The number of H-pyrrole nitrogens is 1. The Labute approximate surface area is 86.1 Å². The van der Waals surface area contributed by atoms with E-state index in [1.165, 1.54) is 0 Å². The summed E-state index contributed by atoms with van der Waals surface area (Å²) in [5.74, 6) is 5.41. The van der Waals surface area contributed by atoms with Crippen LogP contribution in [0.2, 0.25) is 0 Å². The predicted octanol–water partition coefficient (Wildman–Crippen LogP) is 0.821. The molecular formula is C11H10N2O2. The second kappa shape index (κ2) is 4.03. The lowest BCUT2D eigenvalue weighted by molar-refractivity contribution is 0.555. The number of fused-ring (bicyclic) bond motifs is 1. The van der Waals surface area contributed by atoms with Gasteiger partial charge in [0.1, 0.15) is 0 Å². The highest BCUT2D eigenvalue weighted by atomic mass is 16.4. The van der Waals surface area contributed by atoms with E-state index < -0.39 is 5.76 Å². The van der Waals surface area contributed by atoms with Crippen LogP contribution >= 0.6 is 0 Å². The molecule has 0 fully saturated rings. The average molecular weight is 202 g/mol. The van der Waals surface area contributed by atoms with Crippen LogP contribution in [-0.2, 0) is 0 Å². The summed E-state index contributed by atoms with van der Waals surface area (Å²) >= 11 is 0. The van der Waals surface area contributed by atoms with Gasteiger partial charge >= 0.3 is 5.76 Å². The molecule has 0 saturated heterocycles. The molecule has 1 aromatic heterocycles. The molecule has 0 unspecified atom stereocenters. The lowest BCUT2D eigenvalue weighted by Gasteiger charge is -1.89. The molecule has 1 aromatic carbocycles. The molecule has 0 aliphatic carbocycles. The molecule has 4 nitrogen and oxygen atoms in total. The molecule has 0 spiro atoms. The fourth-order valence-electron chi connectivity index (χ4n) is 1.26. The third-order valence-corrected chi connectivity index (χ3v) is 1.92. The fraction of sp³-hybridized carbons (Fsp3) is 0.182. The van der Waals surface area contributed by atoms with E-state index in [9.17, 15) is 4.79 Å². The summed E-state index contributed by atoms with van der Waals surface area (Å²) in [4.78, 5) is 13.4. The fourth-order valence-corrected chi connectivity index (χ4v) is 1.26. The van der Waals surface area contributed by atoms with Crippen LogP contribution in [0.1, 0.15) is 12.0 Å². The quantitative estimate of drug-likeness (QED) is 0.672. The first kappa shape index (κ1) is 9.56. The number of hydrogen-bond donors (Lipinski definition) is 2. The van der Waals surface area contributed by atoms with Crippen LogP contribution in [0.5, 0.6) is 0 Å². The van der Waals surface area contributed by atoms with Crippen molar-refractivity contribution in [2.75, 3.05) is 6.54 Å². The van der Waals surface area contributed by atoms with Crippen molar-refractivity contribution in [3.63, 3.8) is 0 Å². The van der Waals surface area contributed by atoms with Gasteiger partial charge < -0.3 is 10.2 Å². The topological polar surface area (TPSA) is 72.0 Å². The van der Waals surface area contributed by atoms with Gasteiger partial charge in [0.2, 0.25) is 0 Å². The maximum absolute atomic E-state index is 10.9. The molecule has 0 bridgehead atoms. The molecule has 1 heterocycles. The van der Waals surface area contributed by atoms with E-state index >= 15 is 0 Å². The van der Waals surface area contributed by atoms with E-state index in [0.29, 0.717) is 24.1 Å². The van der Waals surface area contributed by atoms with E-state index in [4.69, 9.17) is 10.2 Å². The molecule has 2 aromatic rings. The number of rotatable bonds is 1. The molecular weight excluding hydrogens is 192 g/mol. The summed E-state index contributed by atoms with van der Waals surface area (Å²) in [5.41, 5.74) is 7.35. The van der Waals surface area contributed by atoms with Crippen LogP contribution < -0.4 is 11.5 Å². The van der Waals surface area contributed by atoms with Gasteiger partial charge in [-0.1, -0.05) is 11.8 Å². The number of nitrogens with two attached hydrogens (primary N) is 1. The van der Waals surface area contributed by atoms with Crippen molar-refractivity contribution in [3.05, 3.63) is 34.3 Å². The Kier molecular flexibility index (Phi) is 2.57. The zero-order valence-electron chi connectivity index (χ0n) is 8.04. The minimum atomic E-state index is -0.447. The first-order chi connectivity index (χ1) is 7.29. The van der Waals surface area contributed by atoms with E-state index in [2.05, 4.69) is 16.8 Å². The number of hydrogen-bond acceptors (Lipinski definition) is 3. The zero-order valence-corrected chi connectivity index (χ0v) is 8.04. The molecule has 0 aliphatic heterocycles. The zero-order chi connectivity index (χ0) is 10.7. The maximum atomic E-state index is 10.9. The van der Waals surface area contributed by atoms with E-state index in [0.717, 1.165) is 5.56 Å². The van der Waals surface area contributed by atoms with Crippen LogP contribution in [0, 0.1) is 11.8 Å². The Morgan fingerprint density at radius 3 is 3.13 bits per heavy atom. The first-order valence-electron chi connectivity index (χ1n) is 4.61. The molecule has 3 N–H and O–H groups in total. The average Bonchev–Trinajstić information content (AvgIpc) is 2.57. The van der Waals surface area contributed by atoms with Gasteiger partial charge in [0.15, 0.2) is 5.58 Å². The largest absolute Gasteiger partial charge is 0.417 e. The molecule has 0 saturated carbocycles. The maximum Gasteiger partial charge on any atom is 0.417 e. The van der Waals surface area contributed by atoms with Crippen molar-refractivity contribution in [2.24, 2.45) is 5.73 Å². The molecule has 4 heteroatoms. The summed E-state index contributed by atoms with van der Waals surface area (Å²) in [6.45, 7) is 0.550. The third kappa shape index (κ3) is 2.09. The second-order valence-electron chi connectivity index (χ2n) is 3.07. The van der Waals surface area contributed by atoms with Crippen LogP contribution in [0.4, 0.5) is 0 Å². The first-order valence-corrected chi connectivity index (χ1v) is 4.61. The molecule has 0 aliphatic rings. The van der Waals surface area contributed by atoms with Gasteiger partial charge in [-0.25, -0.2) is 4.79 Å². The molecule has 0 radical (unpaired) electrons. The SMILES string of the molecule is NCCC#Cc1ccc2[nH]c(=O)oc2c1. The lowest BCUT2D eigenvalue weighted by Crippen LogP contribution is -1.95. The number of benzene rings is 1. The van der Waals surface area contributed by atoms with Crippen molar-refractivity contribution in [1.29, 1.82) is 0 Å². The summed E-state index contributed by atoms with van der Waals surface area (Å²) < 4.78 is 4.91. The molecule has 15 heavy (non-hydrogen) atoms. The molecule has 0 amide bonds. The highest BCUT2D eigenvalue weighted by Gasteiger charge is 1.99. The van der Waals surface area contributed by atoms with Gasteiger partial charge in [0.05, 0.1) is 5.52 Å². The van der Waals surface area contributed by atoms with Crippen LogP contribution in [0.25, 0.3) is 11.1 Å². The highest BCUT2D eigenvalue weighted by molar-refractivity contribution is 5.73. The van der Waals surface area contributed by atoms with Crippen molar-refractivity contribution in [1.82, 2.24) is 4.98 Å². The van der Waals surface area contributed by atoms with E-state index in [-0.39, 0.29) is 0 Å². The normalized spacial score (nSPS) is 9.93. The van der Waals surface area contributed by atoms with Crippen LogP contribution in [0.3, 0.4) is 0 Å². The molecule has 76 valence electrons. The number of aromatic amines is 1. The predicted molar refractivity (Wildman–Crippen MR) is 57.4 cm³/mol. The van der Waals surface area contributed by atoms with Crippen LogP contribution in [-0.4, -0.2) is 11.5 Å². The number of aromatic nitrogens is 1. The van der Waals surface area contributed by atoms with Gasteiger partial charge in [-0.2, -0.15) is 0 Å².